The van der Waals surface area contributed by atoms with Gasteiger partial charge < -0.3 is 20.5 Å². The first kappa shape index (κ1) is 15.7. The molecule has 0 fully saturated rings. The molecule has 4 nitrogen and oxygen atoms in total. The first-order valence-electron chi connectivity index (χ1n) is 0.775. The quantitative estimate of drug-likeness (QED) is 0.396. The summed E-state index contributed by atoms with van der Waals surface area (Å²) in [5, 5.41) is 21.5. The standard InChI is InChI=1S/BH3O3.H2O.Tb/c2-1(3)4;;/h2-4H;1H2;. The van der Waals surface area contributed by atoms with Gasteiger partial charge in [0.05, 0.1) is 0 Å². The summed E-state index contributed by atoms with van der Waals surface area (Å²) in [5.74, 6) is 0. The molecule has 6 heavy (non-hydrogen) atoms. The minimum atomic E-state index is -2.17. The van der Waals surface area contributed by atoms with E-state index in [4.69, 9.17) is 15.1 Å². The van der Waals surface area contributed by atoms with E-state index in [1.165, 1.54) is 0 Å². The van der Waals surface area contributed by atoms with Gasteiger partial charge in [0, 0.05) is 38.6 Å². The Labute approximate surface area is 66.1 Å². The molecule has 6 heteroatoms. The molecule has 0 atom stereocenters. The van der Waals surface area contributed by atoms with Gasteiger partial charge in [0.25, 0.3) is 0 Å². The molecule has 0 saturated carbocycles. The SMILES string of the molecule is O.OB(O)O.[Tb]. The van der Waals surface area contributed by atoms with Crippen LogP contribution in [0, 0.1) is 38.6 Å². The molecule has 0 aliphatic heterocycles. The minimum absolute atomic E-state index is 0. The van der Waals surface area contributed by atoms with Crippen LogP contribution in [0.4, 0.5) is 0 Å². The van der Waals surface area contributed by atoms with Gasteiger partial charge >= 0.3 is 7.32 Å². The second-order valence-corrected chi connectivity index (χ2v) is 0.346. The average Bonchev–Trinajstić information content (AvgIpc) is 0.811. The summed E-state index contributed by atoms with van der Waals surface area (Å²) in [6.45, 7) is 0. The Balaban J connectivity index is -0.0000000450. The van der Waals surface area contributed by atoms with Crippen LogP contribution in [0.3, 0.4) is 0 Å². The molecule has 5 N–H and O–H groups in total. The van der Waals surface area contributed by atoms with Crippen LogP contribution in [-0.4, -0.2) is 27.9 Å². The summed E-state index contributed by atoms with van der Waals surface area (Å²) < 4.78 is 0. The third kappa shape index (κ3) is 64.3. The number of hydrogen-bond acceptors (Lipinski definition) is 3. The van der Waals surface area contributed by atoms with Gasteiger partial charge in [-0.3, -0.25) is 0 Å². The van der Waals surface area contributed by atoms with E-state index in [2.05, 4.69) is 0 Å². The van der Waals surface area contributed by atoms with Crippen LogP contribution < -0.4 is 0 Å². The van der Waals surface area contributed by atoms with Gasteiger partial charge in [-0.25, -0.2) is 0 Å². The molecule has 0 spiro atoms. The molecule has 0 amide bonds. The Hall–Kier alpha value is 1.19. The number of rotatable bonds is 0. The maximum absolute atomic E-state index is 7.17. The zero-order chi connectivity index (χ0) is 3.58. The first-order chi connectivity index (χ1) is 1.73. The maximum atomic E-state index is 7.17. The smallest absolute Gasteiger partial charge is 0.412 e. The van der Waals surface area contributed by atoms with Gasteiger partial charge in [-0.15, -0.1) is 0 Å². The Kier molecular flexibility index (Phi) is 24.8. The molecule has 0 aromatic carbocycles. The van der Waals surface area contributed by atoms with Crippen LogP contribution in [0.5, 0.6) is 0 Å². The van der Waals surface area contributed by atoms with Crippen molar-refractivity contribution >= 4 is 7.32 Å². The first-order valence-corrected chi connectivity index (χ1v) is 0.775. The Morgan fingerprint density at radius 1 is 1.00 bits per heavy atom. The fraction of sp³-hybridized carbons (Fsp3) is 0. The summed E-state index contributed by atoms with van der Waals surface area (Å²) in [6, 6.07) is 0. The maximum Gasteiger partial charge on any atom is 0.631 e. The van der Waals surface area contributed by atoms with Gasteiger partial charge in [-0.1, -0.05) is 0 Å². The third-order valence-corrected chi connectivity index (χ3v) is 0. The molecule has 0 unspecified atom stereocenters. The molecule has 0 aliphatic rings. The largest absolute Gasteiger partial charge is 0.631 e. The third-order valence-electron chi connectivity index (χ3n) is 0. The summed E-state index contributed by atoms with van der Waals surface area (Å²) >= 11 is 0. The van der Waals surface area contributed by atoms with E-state index < -0.39 is 7.32 Å². The topological polar surface area (TPSA) is 92.2 Å². The molecular formula is H5BO4Tb. The van der Waals surface area contributed by atoms with Crippen molar-refractivity contribution in [3.63, 3.8) is 0 Å². The van der Waals surface area contributed by atoms with Crippen molar-refractivity contribution < 1.29 is 59.2 Å². The number of hydrogen-bond donors (Lipinski definition) is 3. The molecule has 1 radical (unpaired) electrons. The molecule has 0 aromatic heterocycles. The van der Waals surface area contributed by atoms with Gasteiger partial charge in [0.15, 0.2) is 0 Å². The van der Waals surface area contributed by atoms with E-state index in [1.807, 2.05) is 0 Å². The summed E-state index contributed by atoms with van der Waals surface area (Å²) in [7, 11) is -2.17. The van der Waals surface area contributed by atoms with Crippen molar-refractivity contribution in [1.82, 2.24) is 0 Å². The molecule has 41 valence electrons. The van der Waals surface area contributed by atoms with Crippen LogP contribution in [0.1, 0.15) is 0 Å². The predicted molar refractivity (Wildman–Crippen MR) is 16.0 cm³/mol. The van der Waals surface area contributed by atoms with E-state index >= 15 is 0 Å². The monoisotopic (exact) mass is 239 g/mol. The zero-order valence-electron chi connectivity index (χ0n) is 2.75. The fourth-order valence-electron chi connectivity index (χ4n) is 0. The van der Waals surface area contributed by atoms with Gasteiger partial charge in [-0.2, -0.15) is 0 Å². The minimum Gasteiger partial charge on any atom is -0.412 e. The van der Waals surface area contributed by atoms with Crippen molar-refractivity contribution in [2.75, 3.05) is 0 Å². The van der Waals surface area contributed by atoms with Crippen molar-refractivity contribution in [3.05, 3.63) is 0 Å². The molecule has 0 aromatic rings. The molecule has 0 saturated heterocycles. The van der Waals surface area contributed by atoms with E-state index in [-0.39, 0.29) is 44.1 Å². The van der Waals surface area contributed by atoms with Crippen LogP contribution in [0.25, 0.3) is 0 Å². The van der Waals surface area contributed by atoms with Crippen LogP contribution in [0.2, 0.25) is 0 Å². The molecule has 0 rings (SSSR count). The van der Waals surface area contributed by atoms with Crippen molar-refractivity contribution in [2.24, 2.45) is 0 Å². The van der Waals surface area contributed by atoms with E-state index in [0.717, 1.165) is 0 Å². The second-order valence-electron chi connectivity index (χ2n) is 0.346. The molecule has 0 aliphatic carbocycles. The molecule has 0 heterocycles. The van der Waals surface area contributed by atoms with E-state index in [1.54, 1.807) is 0 Å². The van der Waals surface area contributed by atoms with Gasteiger partial charge in [0.1, 0.15) is 0 Å². The Morgan fingerprint density at radius 2 is 1.00 bits per heavy atom. The molecule has 0 bridgehead atoms. The van der Waals surface area contributed by atoms with Gasteiger partial charge in [0.2, 0.25) is 0 Å². The van der Waals surface area contributed by atoms with E-state index in [0.29, 0.717) is 0 Å². The normalized spacial score (nSPS) is 4.50. The predicted octanol–water partition coefficient (Wildman–Crippen LogP) is -2.88. The second kappa shape index (κ2) is 9.50. The summed E-state index contributed by atoms with van der Waals surface area (Å²) in [6.07, 6.45) is 0. The molecular weight excluding hydrogens is 234 g/mol. The summed E-state index contributed by atoms with van der Waals surface area (Å²) in [4.78, 5) is 0. The Bertz CT molecular complexity index is 12.3. The van der Waals surface area contributed by atoms with E-state index in [9.17, 15) is 0 Å². The van der Waals surface area contributed by atoms with Crippen LogP contribution in [-0.2, 0) is 0 Å². The van der Waals surface area contributed by atoms with Crippen molar-refractivity contribution in [1.29, 1.82) is 0 Å². The van der Waals surface area contributed by atoms with Crippen LogP contribution in [0.15, 0.2) is 0 Å². The Morgan fingerprint density at radius 3 is 1.00 bits per heavy atom. The van der Waals surface area contributed by atoms with Crippen LogP contribution >= 0.6 is 0 Å². The summed E-state index contributed by atoms with van der Waals surface area (Å²) in [5.41, 5.74) is 0. The average molecular weight is 239 g/mol. The van der Waals surface area contributed by atoms with Gasteiger partial charge in [-0.05, 0) is 0 Å². The fourth-order valence-corrected chi connectivity index (χ4v) is 0. The van der Waals surface area contributed by atoms with Crippen molar-refractivity contribution in [2.45, 2.75) is 0 Å². The zero-order valence-corrected chi connectivity index (χ0v) is 4.89. The van der Waals surface area contributed by atoms with Crippen molar-refractivity contribution in [3.8, 4) is 0 Å².